The highest BCUT2D eigenvalue weighted by Gasteiger charge is 2.13. The Hall–Kier alpha value is -3.19. The van der Waals surface area contributed by atoms with Crippen LogP contribution in [0.15, 0.2) is 48.7 Å². The lowest BCUT2D eigenvalue weighted by atomic mass is 10.00. The van der Waals surface area contributed by atoms with Crippen LogP contribution in [0.5, 0.6) is 0 Å². The highest BCUT2D eigenvalue weighted by Crippen LogP contribution is 2.20. The van der Waals surface area contributed by atoms with Crippen LogP contribution in [0.1, 0.15) is 22.4 Å². The van der Waals surface area contributed by atoms with Crippen LogP contribution in [0.3, 0.4) is 0 Å². The van der Waals surface area contributed by atoms with E-state index in [0.29, 0.717) is 41.1 Å². The predicted molar refractivity (Wildman–Crippen MR) is 99.6 cm³/mol. The molecule has 0 saturated carbocycles. The Balaban J connectivity index is 1.92. The summed E-state index contributed by atoms with van der Waals surface area (Å²) >= 11 is 0. The molecular weight excluding hydrogens is 364 g/mol. The Labute approximate surface area is 161 Å². The molecule has 7 heteroatoms. The van der Waals surface area contributed by atoms with Crippen molar-refractivity contribution >= 4 is 5.91 Å². The van der Waals surface area contributed by atoms with Crippen LogP contribution in [0.2, 0.25) is 0 Å². The smallest absolute Gasteiger partial charge is 0.247 e. The summed E-state index contributed by atoms with van der Waals surface area (Å²) in [4.78, 5) is 20.4. The fourth-order valence-electron chi connectivity index (χ4n) is 2.93. The van der Waals surface area contributed by atoms with E-state index in [0.717, 1.165) is 5.56 Å². The Kier molecular flexibility index (Phi) is 6.06. The number of aromatic nitrogens is 2. The normalized spacial score (nSPS) is 10.7. The fourth-order valence-corrected chi connectivity index (χ4v) is 2.93. The predicted octanol–water partition coefficient (Wildman–Crippen LogP) is 3.56. The zero-order chi connectivity index (χ0) is 20.1. The van der Waals surface area contributed by atoms with Gasteiger partial charge in [0.1, 0.15) is 11.6 Å². The number of aryl methyl sites for hydroxylation is 2. The van der Waals surface area contributed by atoms with Crippen LogP contribution in [0.25, 0.3) is 11.4 Å². The van der Waals surface area contributed by atoms with Gasteiger partial charge in [-0.1, -0.05) is 12.1 Å². The van der Waals surface area contributed by atoms with Crippen molar-refractivity contribution < 1.29 is 18.8 Å². The number of hydroxylamine groups is 1. The second kappa shape index (κ2) is 8.67. The van der Waals surface area contributed by atoms with Gasteiger partial charge in [0.15, 0.2) is 5.82 Å². The first-order valence-corrected chi connectivity index (χ1v) is 8.75. The van der Waals surface area contributed by atoms with Gasteiger partial charge in [-0.05, 0) is 61.2 Å². The molecule has 0 spiro atoms. The number of carbonyl (C=O) groups is 1. The zero-order valence-electron chi connectivity index (χ0n) is 15.2. The van der Waals surface area contributed by atoms with Gasteiger partial charge in [-0.15, -0.1) is 0 Å². The standard InChI is InChI=1S/C21H19F2N3O2/c1-13-14(3-2-4-18(13)23)7-10-19-16(11-20(27)26-28)12-24-21(25-19)15-5-8-17(22)9-6-15/h2-6,8-9,12,28H,7,10-11H2,1H3,(H,26,27). The van der Waals surface area contributed by atoms with Crippen molar-refractivity contribution in [2.45, 2.75) is 26.2 Å². The van der Waals surface area contributed by atoms with Crippen LogP contribution in [-0.4, -0.2) is 21.1 Å². The van der Waals surface area contributed by atoms with Crippen molar-refractivity contribution in [1.29, 1.82) is 0 Å². The third-order valence-electron chi connectivity index (χ3n) is 4.54. The molecule has 28 heavy (non-hydrogen) atoms. The minimum atomic E-state index is -0.582. The van der Waals surface area contributed by atoms with Crippen LogP contribution in [0, 0.1) is 18.6 Å². The molecule has 0 atom stereocenters. The number of rotatable bonds is 6. The van der Waals surface area contributed by atoms with Gasteiger partial charge in [-0.2, -0.15) is 0 Å². The van der Waals surface area contributed by atoms with Crippen LogP contribution in [-0.2, 0) is 24.1 Å². The van der Waals surface area contributed by atoms with Gasteiger partial charge < -0.3 is 0 Å². The van der Waals surface area contributed by atoms with Gasteiger partial charge in [0.05, 0.1) is 6.42 Å². The highest BCUT2D eigenvalue weighted by atomic mass is 19.1. The molecule has 0 saturated heterocycles. The van der Waals surface area contributed by atoms with Crippen LogP contribution >= 0.6 is 0 Å². The van der Waals surface area contributed by atoms with E-state index >= 15 is 0 Å². The molecule has 0 unspecified atom stereocenters. The third-order valence-corrected chi connectivity index (χ3v) is 4.54. The summed E-state index contributed by atoms with van der Waals surface area (Å²) < 4.78 is 27.0. The van der Waals surface area contributed by atoms with Crippen LogP contribution in [0.4, 0.5) is 8.78 Å². The molecule has 0 radical (unpaired) electrons. The summed E-state index contributed by atoms with van der Waals surface area (Å²) in [7, 11) is 0. The number of nitrogens with zero attached hydrogens (tertiary/aromatic N) is 2. The molecule has 0 aliphatic carbocycles. The topological polar surface area (TPSA) is 75.1 Å². The molecule has 0 bridgehead atoms. The molecule has 1 aromatic heterocycles. The molecule has 0 aliphatic rings. The van der Waals surface area contributed by atoms with Gasteiger partial charge >= 0.3 is 0 Å². The molecule has 3 rings (SSSR count). The van der Waals surface area contributed by atoms with Gasteiger partial charge in [0, 0.05) is 23.0 Å². The number of nitrogens with one attached hydrogen (secondary N) is 1. The van der Waals surface area contributed by atoms with E-state index in [1.165, 1.54) is 24.4 Å². The first-order chi connectivity index (χ1) is 13.5. The SMILES string of the molecule is Cc1c(F)cccc1CCc1nc(-c2ccc(F)cc2)ncc1CC(=O)NO. The maximum atomic E-state index is 13.8. The van der Waals surface area contributed by atoms with Crippen molar-refractivity contribution in [1.82, 2.24) is 15.4 Å². The number of amides is 1. The van der Waals surface area contributed by atoms with E-state index < -0.39 is 5.91 Å². The van der Waals surface area contributed by atoms with Crippen molar-refractivity contribution in [3.8, 4) is 11.4 Å². The molecule has 2 N–H and O–H groups in total. The fraction of sp³-hybridized carbons (Fsp3) is 0.190. The molecular formula is C21H19F2N3O2. The Morgan fingerprint density at radius 3 is 2.54 bits per heavy atom. The first-order valence-electron chi connectivity index (χ1n) is 8.75. The summed E-state index contributed by atoms with van der Waals surface area (Å²) in [5, 5.41) is 8.80. The maximum Gasteiger partial charge on any atom is 0.247 e. The molecule has 3 aromatic rings. The average molecular weight is 383 g/mol. The van der Waals surface area contributed by atoms with Crippen molar-refractivity contribution in [3.63, 3.8) is 0 Å². The Morgan fingerprint density at radius 1 is 1.07 bits per heavy atom. The summed E-state index contributed by atoms with van der Waals surface area (Å²) in [6.07, 6.45) is 2.42. The Morgan fingerprint density at radius 2 is 1.82 bits per heavy atom. The van der Waals surface area contributed by atoms with Crippen molar-refractivity contribution in [2.24, 2.45) is 0 Å². The zero-order valence-corrected chi connectivity index (χ0v) is 15.2. The Bertz CT molecular complexity index is 991. The van der Waals surface area contributed by atoms with E-state index in [1.807, 2.05) is 6.07 Å². The molecule has 144 valence electrons. The average Bonchev–Trinajstić information content (AvgIpc) is 2.70. The van der Waals surface area contributed by atoms with E-state index in [1.54, 1.807) is 30.6 Å². The summed E-state index contributed by atoms with van der Waals surface area (Å²) in [5.41, 5.74) is 4.83. The van der Waals surface area contributed by atoms with Gasteiger partial charge in [0.2, 0.25) is 5.91 Å². The second-order valence-electron chi connectivity index (χ2n) is 6.41. The summed E-state index contributed by atoms with van der Waals surface area (Å²) in [6, 6.07) is 10.7. The first kappa shape index (κ1) is 19.6. The van der Waals surface area contributed by atoms with E-state index in [-0.39, 0.29) is 18.1 Å². The quantitative estimate of drug-likeness (QED) is 0.504. The minimum Gasteiger partial charge on any atom is -0.289 e. The highest BCUT2D eigenvalue weighted by molar-refractivity contribution is 5.77. The molecule has 2 aromatic carbocycles. The molecule has 1 amide bonds. The second-order valence-corrected chi connectivity index (χ2v) is 6.41. The van der Waals surface area contributed by atoms with E-state index in [9.17, 15) is 13.6 Å². The lowest BCUT2D eigenvalue weighted by Gasteiger charge is -2.11. The molecule has 1 heterocycles. The third kappa shape index (κ3) is 4.55. The van der Waals surface area contributed by atoms with E-state index in [2.05, 4.69) is 9.97 Å². The summed E-state index contributed by atoms with van der Waals surface area (Å²) in [6.45, 7) is 1.72. The van der Waals surface area contributed by atoms with Crippen LogP contribution < -0.4 is 5.48 Å². The molecule has 0 fully saturated rings. The molecule has 0 aliphatic heterocycles. The minimum absolute atomic E-state index is 0.0857. The van der Waals surface area contributed by atoms with Crippen molar-refractivity contribution in [3.05, 3.63) is 82.7 Å². The molecule has 5 nitrogen and oxygen atoms in total. The number of halogens is 2. The number of hydrogen-bond acceptors (Lipinski definition) is 4. The van der Waals surface area contributed by atoms with E-state index in [4.69, 9.17) is 5.21 Å². The van der Waals surface area contributed by atoms with Crippen molar-refractivity contribution in [2.75, 3.05) is 0 Å². The monoisotopic (exact) mass is 383 g/mol. The van der Waals surface area contributed by atoms with Gasteiger partial charge in [0.25, 0.3) is 0 Å². The maximum absolute atomic E-state index is 13.8. The van der Waals surface area contributed by atoms with Gasteiger partial charge in [-0.25, -0.2) is 24.2 Å². The van der Waals surface area contributed by atoms with Gasteiger partial charge in [-0.3, -0.25) is 10.0 Å². The largest absolute Gasteiger partial charge is 0.289 e. The number of carbonyl (C=O) groups excluding carboxylic acids is 1. The number of hydrogen-bond donors (Lipinski definition) is 2. The summed E-state index contributed by atoms with van der Waals surface area (Å²) in [5.74, 6) is -0.811. The lowest BCUT2D eigenvalue weighted by Crippen LogP contribution is -2.22. The lowest BCUT2D eigenvalue weighted by molar-refractivity contribution is -0.128. The number of benzene rings is 2.